The van der Waals surface area contributed by atoms with Crippen molar-refractivity contribution in [2.45, 2.75) is 32.7 Å². The molecule has 0 aliphatic carbocycles. The van der Waals surface area contributed by atoms with Crippen molar-refractivity contribution < 1.29 is 9.53 Å². The van der Waals surface area contributed by atoms with Gasteiger partial charge in [0.2, 0.25) is 0 Å². The van der Waals surface area contributed by atoms with Crippen LogP contribution >= 0.6 is 0 Å². The predicted octanol–water partition coefficient (Wildman–Crippen LogP) is 4.57. The van der Waals surface area contributed by atoms with Gasteiger partial charge in [-0.2, -0.15) is 0 Å². The third-order valence-electron chi connectivity index (χ3n) is 5.30. The van der Waals surface area contributed by atoms with E-state index in [2.05, 4.69) is 40.0 Å². The van der Waals surface area contributed by atoms with Crippen LogP contribution in [-0.2, 0) is 13.0 Å². The van der Waals surface area contributed by atoms with E-state index in [0.717, 1.165) is 48.4 Å². The van der Waals surface area contributed by atoms with Crippen LogP contribution < -0.4 is 10.1 Å². The van der Waals surface area contributed by atoms with E-state index in [-0.39, 0.29) is 5.91 Å². The Kier molecular flexibility index (Phi) is 7.12. The molecule has 0 aliphatic heterocycles. The third-order valence-corrected chi connectivity index (χ3v) is 5.30. The third kappa shape index (κ3) is 5.52. The number of rotatable bonds is 10. The minimum absolute atomic E-state index is 0.0973. The molecule has 2 aromatic carbocycles. The molecule has 1 N–H and O–H groups in total. The predicted molar refractivity (Wildman–Crippen MR) is 126 cm³/mol. The number of carbonyl (C=O) groups is 1. The first kappa shape index (κ1) is 21.6. The van der Waals surface area contributed by atoms with Gasteiger partial charge in [0, 0.05) is 31.9 Å². The van der Waals surface area contributed by atoms with E-state index in [1.165, 1.54) is 5.56 Å². The Morgan fingerprint density at radius 1 is 1.06 bits per heavy atom. The largest absolute Gasteiger partial charge is 0.494 e. The van der Waals surface area contributed by atoms with Crippen molar-refractivity contribution in [2.75, 3.05) is 13.2 Å². The summed E-state index contributed by atoms with van der Waals surface area (Å²) in [6, 6.07) is 19.9. The van der Waals surface area contributed by atoms with Gasteiger partial charge in [-0.1, -0.05) is 24.3 Å². The minimum Gasteiger partial charge on any atom is -0.494 e. The molecule has 0 saturated heterocycles. The molecule has 4 aromatic rings. The maximum atomic E-state index is 12.2. The summed E-state index contributed by atoms with van der Waals surface area (Å²) in [5.41, 5.74) is 3.91. The monoisotopic (exact) mass is 428 g/mol. The number of hydrogen-bond acceptors (Lipinski definition) is 4. The second kappa shape index (κ2) is 10.6. The van der Waals surface area contributed by atoms with E-state index in [4.69, 9.17) is 9.72 Å². The maximum absolute atomic E-state index is 12.2. The van der Waals surface area contributed by atoms with Crippen LogP contribution in [0.5, 0.6) is 5.75 Å². The summed E-state index contributed by atoms with van der Waals surface area (Å²) in [7, 11) is 0. The van der Waals surface area contributed by atoms with Crippen LogP contribution in [0.3, 0.4) is 0 Å². The first-order valence-corrected chi connectivity index (χ1v) is 11.0. The highest BCUT2D eigenvalue weighted by molar-refractivity contribution is 5.93. The number of hydrogen-bond donors (Lipinski definition) is 1. The van der Waals surface area contributed by atoms with Crippen LogP contribution in [0.4, 0.5) is 0 Å². The molecule has 0 atom stereocenters. The zero-order valence-corrected chi connectivity index (χ0v) is 18.3. The normalized spacial score (nSPS) is 10.9. The number of pyridine rings is 1. The molecule has 0 saturated carbocycles. The summed E-state index contributed by atoms with van der Waals surface area (Å²) in [6.07, 6.45) is 5.73. The van der Waals surface area contributed by atoms with E-state index in [1.54, 1.807) is 24.5 Å². The lowest BCUT2D eigenvalue weighted by Crippen LogP contribution is -2.25. The number of benzene rings is 2. The molecule has 6 nitrogen and oxygen atoms in total. The molecule has 0 bridgehead atoms. The topological polar surface area (TPSA) is 69.0 Å². The summed E-state index contributed by atoms with van der Waals surface area (Å²) in [5.74, 6) is 1.85. The van der Waals surface area contributed by atoms with Crippen molar-refractivity contribution in [3.05, 3.63) is 90.0 Å². The van der Waals surface area contributed by atoms with E-state index >= 15 is 0 Å². The first-order valence-electron chi connectivity index (χ1n) is 11.0. The van der Waals surface area contributed by atoms with Crippen LogP contribution in [0.1, 0.15) is 34.6 Å². The van der Waals surface area contributed by atoms with Crippen molar-refractivity contribution in [3.63, 3.8) is 0 Å². The van der Waals surface area contributed by atoms with Gasteiger partial charge < -0.3 is 14.6 Å². The van der Waals surface area contributed by atoms with Gasteiger partial charge in [-0.05, 0) is 61.7 Å². The van der Waals surface area contributed by atoms with Crippen LogP contribution in [0, 0.1) is 6.92 Å². The molecule has 4 rings (SSSR count). The molecule has 1 amide bonds. The zero-order chi connectivity index (χ0) is 22.2. The Morgan fingerprint density at radius 3 is 2.81 bits per heavy atom. The lowest BCUT2D eigenvalue weighted by molar-refractivity contribution is 0.0952. The molecule has 0 fully saturated rings. The van der Waals surface area contributed by atoms with Gasteiger partial charge in [0.15, 0.2) is 0 Å². The summed E-state index contributed by atoms with van der Waals surface area (Å²) in [6.45, 7) is 4.14. The molecule has 32 heavy (non-hydrogen) atoms. The Balaban J connectivity index is 1.33. The summed E-state index contributed by atoms with van der Waals surface area (Å²) in [5, 5.41) is 2.96. The number of imidazole rings is 1. The highest BCUT2D eigenvalue weighted by atomic mass is 16.5. The second-order valence-electron chi connectivity index (χ2n) is 7.79. The number of aromatic nitrogens is 3. The Morgan fingerprint density at radius 2 is 1.97 bits per heavy atom. The van der Waals surface area contributed by atoms with Gasteiger partial charge in [0.1, 0.15) is 11.6 Å². The number of nitrogens with one attached hydrogen (secondary N) is 1. The SMILES string of the molecule is Cc1cccc(OCCCn2c(CCCNC(=O)c3cccnc3)nc3ccccc32)c1. The molecule has 0 radical (unpaired) electrons. The van der Waals surface area contributed by atoms with Gasteiger partial charge in [-0.3, -0.25) is 9.78 Å². The quantitative estimate of drug-likeness (QED) is 0.376. The maximum Gasteiger partial charge on any atom is 0.252 e. The molecular weight excluding hydrogens is 400 g/mol. The van der Waals surface area contributed by atoms with Crippen molar-refractivity contribution in [1.29, 1.82) is 0 Å². The van der Waals surface area contributed by atoms with Gasteiger partial charge >= 0.3 is 0 Å². The van der Waals surface area contributed by atoms with Crippen LogP contribution in [-0.4, -0.2) is 33.6 Å². The highest BCUT2D eigenvalue weighted by Gasteiger charge is 2.11. The number of aryl methyl sites for hydroxylation is 3. The summed E-state index contributed by atoms with van der Waals surface area (Å²) >= 11 is 0. The molecule has 6 heteroatoms. The number of carbonyl (C=O) groups excluding carboxylic acids is 1. The van der Waals surface area contributed by atoms with Gasteiger partial charge in [0.25, 0.3) is 5.91 Å². The molecule has 0 spiro atoms. The molecule has 0 aliphatic rings. The first-order chi connectivity index (χ1) is 15.7. The molecular formula is C26H28N4O2. The van der Waals surface area contributed by atoms with E-state index in [9.17, 15) is 4.79 Å². The van der Waals surface area contributed by atoms with E-state index < -0.39 is 0 Å². The van der Waals surface area contributed by atoms with Crippen molar-refractivity contribution in [1.82, 2.24) is 19.9 Å². The highest BCUT2D eigenvalue weighted by Crippen LogP contribution is 2.18. The minimum atomic E-state index is -0.0973. The Bertz CT molecular complexity index is 1170. The van der Waals surface area contributed by atoms with Crippen molar-refractivity contribution >= 4 is 16.9 Å². The summed E-state index contributed by atoms with van der Waals surface area (Å²) in [4.78, 5) is 21.0. The fraction of sp³-hybridized carbons (Fsp3) is 0.269. The number of nitrogens with zero attached hydrogens (tertiary/aromatic N) is 3. The second-order valence-corrected chi connectivity index (χ2v) is 7.79. The Hall–Kier alpha value is -3.67. The zero-order valence-electron chi connectivity index (χ0n) is 18.3. The van der Waals surface area contributed by atoms with Gasteiger partial charge in [0.05, 0.1) is 23.2 Å². The number of fused-ring (bicyclic) bond motifs is 1. The van der Waals surface area contributed by atoms with Gasteiger partial charge in [-0.25, -0.2) is 4.98 Å². The number of para-hydroxylation sites is 2. The van der Waals surface area contributed by atoms with E-state index in [1.807, 2.05) is 30.3 Å². The van der Waals surface area contributed by atoms with Crippen molar-refractivity contribution in [2.24, 2.45) is 0 Å². The standard InChI is InChI=1S/C26H28N4O2/c1-20-8-4-10-22(18-20)32-17-7-16-30-24-12-3-2-11-23(24)29-25(30)13-6-15-28-26(31)21-9-5-14-27-19-21/h2-5,8-12,14,18-19H,6-7,13,15-17H2,1H3,(H,28,31). The summed E-state index contributed by atoms with van der Waals surface area (Å²) < 4.78 is 8.19. The fourth-order valence-corrected chi connectivity index (χ4v) is 3.73. The van der Waals surface area contributed by atoms with E-state index in [0.29, 0.717) is 18.7 Å². The van der Waals surface area contributed by atoms with Crippen LogP contribution in [0.25, 0.3) is 11.0 Å². The molecule has 164 valence electrons. The van der Waals surface area contributed by atoms with Crippen LogP contribution in [0.15, 0.2) is 73.1 Å². The van der Waals surface area contributed by atoms with Crippen molar-refractivity contribution in [3.8, 4) is 5.75 Å². The lowest BCUT2D eigenvalue weighted by Gasteiger charge is -2.11. The Labute approximate surface area is 188 Å². The number of ether oxygens (including phenoxy) is 1. The van der Waals surface area contributed by atoms with Gasteiger partial charge in [-0.15, -0.1) is 0 Å². The average molecular weight is 429 g/mol. The lowest BCUT2D eigenvalue weighted by atomic mass is 10.2. The van der Waals surface area contributed by atoms with Crippen LogP contribution in [0.2, 0.25) is 0 Å². The number of amides is 1. The fourth-order valence-electron chi connectivity index (χ4n) is 3.73. The smallest absolute Gasteiger partial charge is 0.252 e. The molecule has 0 unspecified atom stereocenters. The average Bonchev–Trinajstić information content (AvgIpc) is 3.17. The molecule has 2 heterocycles. The molecule has 2 aromatic heterocycles.